The first-order chi connectivity index (χ1) is 11.3. The predicted octanol–water partition coefficient (Wildman–Crippen LogP) is 1.66. The van der Waals surface area contributed by atoms with Gasteiger partial charge in [0.05, 0.1) is 16.9 Å². The van der Waals surface area contributed by atoms with E-state index in [2.05, 4.69) is 0 Å². The smallest absolute Gasteiger partial charge is 0.512 e. The van der Waals surface area contributed by atoms with Crippen LogP contribution in [-0.4, -0.2) is 49.5 Å². The molecule has 9 heteroatoms. The third kappa shape index (κ3) is 2.77. The Labute approximate surface area is 145 Å². The Kier molecular flexibility index (Phi) is 4.52. The van der Waals surface area contributed by atoms with Crippen molar-refractivity contribution in [1.82, 2.24) is 4.90 Å². The Morgan fingerprint density at radius 3 is 2.54 bits per heavy atom. The lowest BCUT2D eigenvalue weighted by Gasteiger charge is -2.43. The molecule has 0 radical (unpaired) electrons. The number of nitrogens with zero attached hydrogens (tertiary/aromatic N) is 1. The maximum Gasteiger partial charge on any atom is 0.512 e. The normalized spacial score (nSPS) is 25.2. The molecule has 3 rings (SSSR count). The summed E-state index contributed by atoms with van der Waals surface area (Å²) in [7, 11) is 0. The van der Waals surface area contributed by atoms with Crippen LogP contribution in [0.15, 0.2) is 35.0 Å². The van der Waals surface area contributed by atoms with Crippen LogP contribution >= 0.6 is 11.8 Å². The van der Waals surface area contributed by atoms with Gasteiger partial charge >= 0.3 is 6.16 Å². The second kappa shape index (κ2) is 6.32. The van der Waals surface area contributed by atoms with Crippen molar-refractivity contribution in [1.29, 1.82) is 0 Å². The second-order valence-electron chi connectivity index (χ2n) is 5.46. The van der Waals surface area contributed by atoms with Gasteiger partial charge in [0.2, 0.25) is 11.8 Å². The summed E-state index contributed by atoms with van der Waals surface area (Å²) in [5.74, 6) is -0.993. The Morgan fingerprint density at radius 2 is 2.04 bits per heavy atom. The van der Waals surface area contributed by atoms with E-state index in [9.17, 15) is 19.2 Å². The summed E-state index contributed by atoms with van der Waals surface area (Å²) in [6, 6.07) is 6.78. The lowest BCUT2D eigenvalue weighted by molar-refractivity contribution is -0.155. The van der Waals surface area contributed by atoms with Crippen LogP contribution in [0.4, 0.5) is 4.79 Å². The highest BCUT2D eigenvalue weighted by Crippen LogP contribution is 2.53. The highest BCUT2D eigenvalue weighted by atomic mass is 32.2. The third-order valence-corrected chi connectivity index (χ3v) is 6.22. The number of ether oxygens (including phenoxy) is 1. The minimum atomic E-state index is -1.51. The molecule has 7 nitrogen and oxygen atoms in total. The maximum absolute atomic E-state index is 12.2. The van der Waals surface area contributed by atoms with E-state index in [0.717, 1.165) is 0 Å². The molecular formula is C15H15NO6S2. The average molecular weight is 369 g/mol. The van der Waals surface area contributed by atoms with Crippen molar-refractivity contribution in [2.75, 3.05) is 6.26 Å². The van der Waals surface area contributed by atoms with Crippen LogP contribution in [0, 0.1) is 5.92 Å². The van der Waals surface area contributed by atoms with Crippen LogP contribution in [-0.2, 0) is 20.7 Å². The highest BCUT2D eigenvalue weighted by Gasteiger charge is 2.57. The van der Waals surface area contributed by atoms with Crippen molar-refractivity contribution in [3.05, 3.63) is 35.7 Å². The molecule has 2 heterocycles. The molecule has 1 amide bonds. The Bertz CT molecular complexity index is 715. The Balaban J connectivity index is 1.96. The number of aliphatic hydroxyl groups excluding tert-OH is 1. The number of fused-ring (bicyclic) bond motifs is 1. The van der Waals surface area contributed by atoms with Gasteiger partial charge in [-0.05, 0) is 47.9 Å². The monoisotopic (exact) mass is 369 g/mol. The molecule has 1 aromatic rings. The van der Waals surface area contributed by atoms with Crippen molar-refractivity contribution in [3.8, 4) is 0 Å². The number of aliphatic hydroxyl groups is 1. The number of carbonyl (C=O) groups excluding carboxylic acids is 1. The third-order valence-electron chi connectivity index (χ3n) is 3.89. The molecule has 1 fully saturated rings. The van der Waals surface area contributed by atoms with Crippen molar-refractivity contribution >= 4 is 39.9 Å². The summed E-state index contributed by atoms with van der Waals surface area (Å²) in [6.45, 7) is 1.53. The molecule has 2 aliphatic rings. The molecule has 4 atom stereocenters. The fourth-order valence-electron chi connectivity index (χ4n) is 2.72. The number of carboxylic acid groups (broad SMARTS) is 1. The zero-order valence-corrected chi connectivity index (χ0v) is 14.5. The Hall–Kier alpha value is -1.68. The molecule has 0 aliphatic carbocycles. The molecule has 128 valence electrons. The molecular weight excluding hydrogens is 354 g/mol. The van der Waals surface area contributed by atoms with Gasteiger partial charge in [0, 0.05) is 0 Å². The number of carbonyl (C=O) groups is 2. The largest absolute Gasteiger partial charge is 0.612 e. The summed E-state index contributed by atoms with van der Waals surface area (Å²) in [4.78, 5) is 25.6. The van der Waals surface area contributed by atoms with E-state index < -0.39 is 29.4 Å². The minimum absolute atomic E-state index is 0.0372. The van der Waals surface area contributed by atoms with Gasteiger partial charge in [-0.25, -0.2) is 4.79 Å². The van der Waals surface area contributed by atoms with Gasteiger partial charge in [0.15, 0.2) is 4.90 Å². The lowest BCUT2D eigenvalue weighted by Crippen LogP contribution is -2.60. The topological polar surface area (TPSA) is 110 Å². The van der Waals surface area contributed by atoms with Gasteiger partial charge < -0.3 is 19.5 Å². The van der Waals surface area contributed by atoms with Gasteiger partial charge in [-0.1, -0.05) is 11.8 Å². The zero-order chi connectivity index (χ0) is 17.6. The number of rotatable bonds is 4. The molecule has 1 aromatic carbocycles. The molecule has 0 bridgehead atoms. The van der Waals surface area contributed by atoms with Crippen molar-refractivity contribution in [2.45, 2.75) is 23.3 Å². The first-order valence-electron chi connectivity index (χ1n) is 7.08. The number of β-lactam (4-membered cyclic amide) rings is 1. The second-order valence-corrected chi connectivity index (χ2v) is 7.97. The first-order valence-corrected chi connectivity index (χ1v) is 9.51. The number of thioether (sulfide) groups is 1. The van der Waals surface area contributed by atoms with E-state index in [4.69, 9.17) is 9.84 Å². The van der Waals surface area contributed by atoms with Crippen LogP contribution in [0.2, 0.25) is 0 Å². The van der Waals surface area contributed by atoms with Crippen LogP contribution in [0.25, 0.3) is 4.91 Å². The number of benzene rings is 1. The fourth-order valence-corrected chi connectivity index (χ4v) is 4.79. The standard InChI is InChI=1S/C15H15NO6S2/c1-7(17)10-12(18)16-13(22-15(19)20)11(23-14(10)16)8-3-5-9(6-4-8)24(2)21/h3-7,10,14,17H,1-2H3,(H,19,20)/t7-,10+,14-,24?/m1/s1. The number of amides is 1. The van der Waals surface area contributed by atoms with Crippen LogP contribution in [0.1, 0.15) is 12.5 Å². The molecule has 0 saturated carbocycles. The van der Waals surface area contributed by atoms with E-state index >= 15 is 0 Å². The van der Waals surface area contributed by atoms with E-state index in [-0.39, 0.29) is 17.2 Å². The molecule has 0 aromatic heterocycles. The van der Waals surface area contributed by atoms with Gasteiger partial charge in [0.25, 0.3) is 0 Å². The SMILES string of the molecule is C[C@@H](O)[C@H]1C(=O)N2C(OC(=O)O)=C(c3ccc([S+](C)[O-])cc3)S[C@H]12. The molecule has 1 saturated heterocycles. The van der Waals surface area contributed by atoms with Crippen molar-refractivity contribution in [3.63, 3.8) is 0 Å². The summed E-state index contributed by atoms with van der Waals surface area (Å²) < 4.78 is 16.3. The van der Waals surface area contributed by atoms with Gasteiger partial charge in [-0.3, -0.25) is 9.69 Å². The van der Waals surface area contributed by atoms with E-state index in [1.807, 2.05) is 0 Å². The number of hydrogen-bond donors (Lipinski definition) is 2. The van der Waals surface area contributed by atoms with Crippen molar-refractivity contribution in [2.24, 2.45) is 5.92 Å². The van der Waals surface area contributed by atoms with E-state index in [0.29, 0.717) is 15.4 Å². The minimum Gasteiger partial charge on any atom is -0.612 e. The zero-order valence-electron chi connectivity index (χ0n) is 12.8. The quantitative estimate of drug-likeness (QED) is 0.472. The van der Waals surface area contributed by atoms with Gasteiger partial charge in [-0.2, -0.15) is 0 Å². The Morgan fingerprint density at radius 1 is 1.42 bits per heavy atom. The predicted molar refractivity (Wildman–Crippen MR) is 88.2 cm³/mol. The average Bonchev–Trinajstić information content (AvgIpc) is 2.79. The summed E-state index contributed by atoms with van der Waals surface area (Å²) >= 11 is 0.157. The summed E-state index contributed by atoms with van der Waals surface area (Å²) in [6.07, 6.45) is -0.778. The molecule has 2 N–H and O–H groups in total. The molecule has 1 unspecified atom stereocenters. The number of hydrogen-bond acceptors (Lipinski definition) is 6. The van der Waals surface area contributed by atoms with Gasteiger partial charge in [-0.15, -0.1) is 0 Å². The van der Waals surface area contributed by atoms with Crippen LogP contribution < -0.4 is 0 Å². The van der Waals surface area contributed by atoms with E-state index in [1.54, 1.807) is 30.5 Å². The van der Waals surface area contributed by atoms with Crippen LogP contribution in [0.3, 0.4) is 0 Å². The molecule has 0 spiro atoms. The highest BCUT2D eigenvalue weighted by molar-refractivity contribution is 8.09. The molecule has 24 heavy (non-hydrogen) atoms. The maximum atomic E-state index is 12.2. The fraction of sp³-hybridized carbons (Fsp3) is 0.333. The van der Waals surface area contributed by atoms with Crippen LogP contribution in [0.5, 0.6) is 0 Å². The van der Waals surface area contributed by atoms with Gasteiger partial charge in [0.1, 0.15) is 11.6 Å². The first kappa shape index (κ1) is 17.2. The van der Waals surface area contributed by atoms with Crippen molar-refractivity contribution < 1.29 is 29.1 Å². The molecule has 2 aliphatic heterocycles. The van der Waals surface area contributed by atoms with E-state index in [1.165, 1.54) is 23.6 Å². The summed E-state index contributed by atoms with van der Waals surface area (Å²) in [5.41, 5.74) is 0.664. The summed E-state index contributed by atoms with van der Waals surface area (Å²) in [5, 5.41) is 18.3. The lowest BCUT2D eigenvalue weighted by atomic mass is 9.93.